The van der Waals surface area contributed by atoms with Gasteiger partial charge in [0.25, 0.3) is 0 Å². The van der Waals surface area contributed by atoms with Crippen LogP contribution in [0.1, 0.15) is 24.0 Å². The molecule has 2 amide bonds. The molecule has 5 heteroatoms. The Balaban J connectivity index is 1.52. The Morgan fingerprint density at radius 3 is 2.67 bits per heavy atom. The van der Waals surface area contributed by atoms with Gasteiger partial charge in [-0.15, -0.1) is 0 Å². The zero-order chi connectivity index (χ0) is 14.5. The molecule has 0 atom stereocenters. The minimum absolute atomic E-state index is 0.0308. The molecule has 0 aliphatic carbocycles. The molecule has 21 heavy (non-hydrogen) atoms. The van der Waals surface area contributed by atoms with E-state index < -0.39 is 0 Å². The molecule has 1 aliphatic heterocycles. The zero-order valence-corrected chi connectivity index (χ0v) is 12.0. The number of hydrogen-bond donors (Lipinski definition) is 1. The van der Waals surface area contributed by atoms with Gasteiger partial charge in [-0.05, 0) is 18.4 Å². The topological polar surface area (TPSA) is 50.2 Å². The van der Waals surface area contributed by atoms with E-state index in [0.717, 1.165) is 38.0 Å². The Labute approximate surface area is 124 Å². The highest BCUT2D eigenvalue weighted by Crippen LogP contribution is 2.08. The Kier molecular flexibility index (Phi) is 4.19. The van der Waals surface area contributed by atoms with Crippen molar-refractivity contribution in [3.8, 4) is 0 Å². The van der Waals surface area contributed by atoms with Crippen LogP contribution in [0.3, 0.4) is 0 Å². The fourth-order valence-corrected chi connectivity index (χ4v) is 2.56. The summed E-state index contributed by atoms with van der Waals surface area (Å²) in [4.78, 5) is 13.8. The number of urea groups is 1. The van der Waals surface area contributed by atoms with Crippen LogP contribution in [0.4, 0.5) is 4.79 Å². The van der Waals surface area contributed by atoms with E-state index in [0.29, 0.717) is 6.54 Å². The number of aromatic nitrogens is 2. The van der Waals surface area contributed by atoms with Gasteiger partial charge in [-0.1, -0.05) is 30.3 Å². The summed E-state index contributed by atoms with van der Waals surface area (Å²) in [7, 11) is 0. The molecular formula is C16H20N4O. The maximum atomic E-state index is 11.9. The molecule has 1 aromatic heterocycles. The number of rotatable bonds is 4. The first-order valence-electron chi connectivity index (χ1n) is 7.39. The van der Waals surface area contributed by atoms with E-state index >= 15 is 0 Å². The summed E-state index contributed by atoms with van der Waals surface area (Å²) < 4.78 is 1.90. The molecule has 0 radical (unpaired) electrons. The average Bonchev–Trinajstić information content (AvgIpc) is 3.17. The molecule has 0 saturated carbocycles. The lowest BCUT2D eigenvalue weighted by Gasteiger charge is -2.15. The van der Waals surface area contributed by atoms with Gasteiger partial charge in [0, 0.05) is 31.4 Å². The summed E-state index contributed by atoms with van der Waals surface area (Å²) in [5, 5.41) is 7.29. The van der Waals surface area contributed by atoms with Gasteiger partial charge in [-0.25, -0.2) is 4.79 Å². The number of carbonyl (C=O) groups excluding carboxylic acids is 1. The number of carbonyl (C=O) groups is 1. The second-order valence-electron chi connectivity index (χ2n) is 5.38. The molecule has 1 aliphatic rings. The van der Waals surface area contributed by atoms with Crippen LogP contribution < -0.4 is 5.32 Å². The van der Waals surface area contributed by atoms with Crippen LogP contribution >= 0.6 is 0 Å². The lowest BCUT2D eigenvalue weighted by Crippen LogP contribution is -2.37. The Hall–Kier alpha value is -2.30. The number of likely N-dealkylation sites (tertiary alicyclic amines) is 1. The summed E-state index contributed by atoms with van der Waals surface area (Å²) in [5.74, 6) is 0. The highest BCUT2D eigenvalue weighted by atomic mass is 16.2. The van der Waals surface area contributed by atoms with Gasteiger partial charge in [0.15, 0.2) is 0 Å². The first-order chi connectivity index (χ1) is 10.3. The number of benzene rings is 1. The molecule has 1 aromatic carbocycles. The fourth-order valence-electron chi connectivity index (χ4n) is 2.56. The normalized spacial score (nSPS) is 14.4. The Morgan fingerprint density at radius 2 is 1.90 bits per heavy atom. The van der Waals surface area contributed by atoms with E-state index in [1.807, 2.05) is 40.2 Å². The molecule has 0 unspecified atom stereocenters. The second-order valence-corrected chi connectivity index (χ2v) is 5.38. The summed E-state index contributed by atoms with van der Waals surface area (Å²) in [6.45, 7) is 3.03. The van der Waals surface area contributed by atoms with E-state index in [4.69, 9.17) is 0 Å². The van der Waals surface area contributed by atoms with Crippen molar-refractivity contribution >= 4 is 6.03 Å². The van der Waals surface area contributed by atoms with Gasteiger partial charge >= 0.3 is 6.03 Å². The third-order valence-corrected chi connectivity index (χ3v) is 3.71. The van der Waals surface area contributed by atoms with Crippen molar-refractivity contribution in [2.24, 2.45) is 0 Å². The van der Waals surface area contributed by atoms with Crippen LogP contribution in [0.15, 0.2) is 42.7 Å². The van der Waals surface area contributed by atoms with E-state index in [9.17, 15) is 4.79 Å². The first kappa shape index (κ1) is 13.7. The summed E-state index contributed by atoms with van der Waals surface area (Å²) in [6, 6.07) is 10.2. The van der Waals surface area contributed by atoms with Crippen molar-refractivity contribution in [2.45, 2.75) is 25.9 Å². The van der Waals surface area contributed by atoms with Gasteiger partial charge in [-0.2, -0.15) is 5.10 Å². The molecule has 1 fully saturated rings. The Morgan fingerprint density at radius 1 is 1.14 bits per heavy atom. The first-order valence-corrected chi connectivity index (χ1v) is 7.39. The second kappa shape index (κ2) is 6.43. The van der Waals surface area contributed by atoms with Gasteiger partial charge in [0.05, 0.1) is 12.7 Å². The third kappa shape index (κ3) is 3.62. The molecular weight excluding hydrogens is 264 g/mol. The minimum atomic E-state index is 0.0308. The predicted octanol–water partition coefficient (Wildman–Crippen LogP) is 2.24. The van der Waals surface area contributed by atoms with E-state index in [-0.39, 0.29) is 6.03 Å². The van der Waals surface area contributed by atoms with Crippen LogP contribution in [0, 0.1) is 0 Å². The molecule has 1 saturated heterocycles. The highest BCUT2D eigenvalue weighted by molar-refractivity contribution is 5.74. The van der Waals surface area contributed by atoms with Crippen molar-refractivity contribution in [3.05, 3.63) is 53.9 Å². The molecule has 110 valence electrons. The van der Waals surface area contributed by atoms with Gasteiger partial charge < -0.3 is 10.2 Å². The number of amides is 2. The van der Waals surface area contributed by atoms with Gasteiger partial charge in [0.2, 0.25) is 0 Å². The summed E-state index contributed by atoms with van der Waals surface area (Å²) in [6.07, 6.45) is 6.02. The summed E-state index contributed by atoms with van der Waals surface area (Å²) >= 11 is 0. The van der Waals surface area contributed by atoms with Crippen molar-refractivity contribution in [3.63, 3.8) is 0 Å². The van der Waals surface area contributed by atoms with Crippen molar-refractivity contribution in [2.75, 3.05) is 13.1 Å². The van der Waals surface area contributed by atoms with Crippen molar-refractivity contribution in [1.29, 1.82) is 0 Å². The van der Waals surface area contributed by atoms with E-state index in [1.165, 1.54) is 5.56 Å². The molecule has 2 aromatic rings. The van der Waals surface area contributed by atoms with Crippen molar-refractivity contribution in [1.82, 2.24) is 20.0 Å². The Bertz CT molecular complexity index is 587. The number of nitrogens with zero attached hydrogens (tertiary/aromatic N) is 3. The highest BCUT2D eigenvalue weighted by Gasteiger charge is 2.17. The quantitative estimate of drug-likeness (QED) is 0.936. The largest absolute Gasteiger partial charge is 0.334 e. The number of hydrogen-bond acceptors (Lipinski definition) is 2. The standard InChI is InChI=1S/C16H20N4O/c21-16(19-8-4-5-9-19)17-10-15-11-18-20(13-15)12-14-6-2-1-3-7-14/h1-3,6-7,11,13H,4-5,8-10,12H2,(H,17,21). The minimum Gasteiger partial charge on any atom is -0.334 e. The molecule has 5 nitrogen and oxygen atoms in total. The maximum absolute atomic E-state index is 11.9. The average molecular weight is 284 g/mol. The fraction of sp³-hybridized carbons (Fsp3) is 0.375. The number of nitrogens with one attached hydrogen (secondary N) is 1. The van der Waals surface area contributed by atoms with Crippen LogP contribution in [-0.2, 0) is 13.1 Å². The van der Waals surface area contributed by atoms with Crippen LogP contribution in [0.2, 0.25) is 0 Å². The van der Waals surface area contributed by atoms with Crippen molar-refractivity contribution < 1.29 is 4.79 Å². The van der Waals surface area contributed by atoms with Crippen LogP contribution in [0.25, 0.3) is 0 Å². The van der Waals surface area contributed by atoms with Crippen LogP contribution in [0.5, 0.6) is 0 Å². The zero-order valence-electron chi connectivity index (χ0n) is 12.0. The molecule has 3 rings (SSSR count). The molecule has 0 bridgehead atoms. The van der Waals surface area contributed by atoms with E-state index in [1.54, 1.807) is 0 Å². The lowest BCUT2D eigenvalue weighted by molar-refractivity contribution is 0.208. The lowest BCUT2D eigenvalue weighted by atomic mass is 10.2. The van der Waals surface area contributed by atoms with Gasteiger partial charge in [-0.3, -0.25) is 4.68 Å². The van der Waals surface area contributed by atoms with E-state index in [2.05, 4.69) is 22.5 Å². The molecule has 0 spiro atoms. The molecule has 1 N–H and O–H groups in total. The smallest absolute Gasteiger partial charge is 0.317 e. The maximum Gasteiger partial charge on any atom is 0.317 e. The summed E-state index contributed by atoms with van der Waals surface area (Å²) in [5.41, 5.74) is 2.24. The van der Waals surface area contributed by atoms with Crippen LogP contribution in [-0.4, -0.2) is 33.8 Å². The predicted molar refractivity (Wildman–Crippen MR) is 80.8 cm³/mol. The van der Waals surface area contributed by atoms with Gasteiger partial charge in [0.1, 0.15) is 0 Å². The molecule has 2 heterocycles. The monoisotopic (exact) mass is 284 g/mol. The SMILES string of the molecule is O=C(NCc1cnn(Cc2ccccc2)c1)N1CCCC1. The third-order valence-electron chi connectivity index (χ3n) is 3.71.